The van der Waals surface area contributed by atoms with Crippen molar-refractivity contribution in [2.75, 3.05) is 24.2 Å². The van der Waals surface area contributed by atoms with E-state index in [1.165, 1.54) is 11.4 Å². The summed E-state index contributed by atoms with van der Waals surface area (Å²) in [6.07, 6.45) is 6.75. The summed E-state index contributed by atoms with van der Waals surface area (Å²) in [5, 5.41) is 4.09. The number of sulfonamides is 1. The molecule has 3 aromatic carbocycles. The van der Waals surface area contributed by atoms with Gasteiger partial charge in [-0.05, 0) is 54.7 Å². The lowest BCUT2D eigenvalue weighted by Gasteiger charge is -2.34. The minimum Gasteiger partial charge on any atom is -0.495 e. The summed E-state index contributed by atoms with van der Waals surface area (Å²) >= 11 is 12.7. The van der Waals surface area contributed by atoms with Crippen LogP contribution in [0.2, 0.25) is 10.0 Å². The Morgan fingerprint density at radius 2 is 1.67 bits per heavy atom. The third-order valence-electron chi connectivity index (χ3n) is 8.08. The number of anilines is 1. The molecule has 1 aliphatic carbocycles. The molecule has 0 heterocycles. The van der Waals surface area contributed by atoms with E-state index in [0.29, 0.717) is 33.5 Å². The second kappa shape index (κ2) is 16.3. The normalized spacial score (nSPS) is 14.4. The second-order valence-electron chi connectivity index (χ2n) is 11.4. The lowest BCUT2D eigenvalue weighted by atomic mass is 9.94. The highest BCUT2D eigenvalue weighted by atomic mass is 35.5. The maximum absolute atomic E-state index is 14.1. The molecule has 0 spiro atoms. The Bertz CT molecular complexity index is 1550. The average molecular weight is 675 g/mol. The topological polar surface area (TPSA) is 96.0 Å². The van der Waals surface area contributed by atoms with Crippen LogP contribution in [0.5, 0.6) is 5.75 Å². The summed E-state index contributed by atoms with van der Waals surface area (Å²) in [5.74, 6) is -0.0826. The summed E-state index contributed by atoms with van der Waals surface area (Å²) in [5.41, 5.74) is 1.97. The molecule has 242 valence electrons. The first-order valence-electron chi connectivity index (χ1n) is 15.2. The molecular weight excluding hydrogens is 633 g/mol. The van der Waals surface area contributed by atoms with Gasteiger partial charge in [-0.2, -0.15) is 0 Å². The number of para-hydroxylation sites is 2. The van der Waals surface area contributed by atoms with Crippen LogP contribution in [-0.4, -0.2) is 57.1 Å². The molecule has 1 fully saturated rings. The second-order valence-corrected chi connectivity index (χ2v) is 14.2. The van der Waals surface area contributed by atoms with Crippen molar-refractivity contribution in [3.63, 3.8) is 0 Å². The van der Waals surface area contributed by atoms with Crippen LogP contribution < -0.4 is 14.4 Å². The van der Waals surface area contributed by atoms with Crippen molar-refractivity contribution < 1.29 is 22.7 Å². The van der Waals surface area contributed by atoms with Gasteiger partial charge in [0.05, 0.1) is 19.1 Å². The molecule has 4 rings (SSSR count). The average Bonchev–Trinajstić information content (AvgIpc) is 3.02. The Hall–Kier alpha value is -3.27. The number of carbonyl (C=O) groups excluding carboxylic acids is 2. The van der Waals surface area contributed by atoms with Crippen molar-refractivity contribution >= 4 is 50.7 Å². The highest BCUT2D eigenvalue weighted by Crippen LogP contribution is 2.30. The Labute approximate surface area is 276 Å². The van der Waals surface area contributed by atoms with Crippen LogP contribution >= 0.6 is 23.2 Å². The lowest BCUT2D eigenvalue weighted by Crippen LogP contribution is -2.53. The molecule has 2 amide bonds. The first-order chi connectivity index (χ1) is 21.6. The van der Waals surface area contributed by atoms with E-state index in [1.807, 2.05) is 30.3 Å². The number of hydrogen-bond acceptors (Lipinski definition) is 5. The van der Waals surface area contributed by atoms with Gasteiger partial charge in [-0.1, -0.05) is 91.0 Å². The van der Waals surface area contributed by atoms with Crippen molar-refractivity contribution in [2.45, 2.75) is 70.0 Å². The van der Waals surface area contributed by atoms with Crippen molar-refractivity contribution in [2.24, 2.45) is 0 Å². The molecule has 1 saturated carbocycles. The molecule has 45 heavy (non-hydrogen) atoms. The van der Waals surface area contributed by atoms with Crippen LogP contribution in [0.4, 0.5) is 5.69 Å². The maximum Gasteiger partial charge on any atom is 0.243 e. The smallest absolute Gasteiger partial charge is 0.243 e. The summed E-state index contributed by atoms with van der Waals surface area (Å²) in [4.78, 5) is 29.7. The molecule has 0 bridgehead atoms. The Kier molecular flexibility index (Phi) is 12.6. The van der Waals surface area contributed by atoms with Gasteiger partial charge in [0.25, 0.3) is 0 Å². The van der Waals surface area contributed by atoms with E-state index in [1.54, 1.807) is 47.4 Å². The standard InChI is InChI=1S/C34H41Cl2N3O5S/c1-44-32-17-10-9-16-30(32)39(45(2,42)43)21-11-18-33(40)38(24-26-19-20-27(35)23-29(26)36)31(22-25-12-5-3-6-13-25)34(41)37-28-14-7-4-8-15-28/h3,5-6,9-10,12-13,16-17,19-20,23,28,31H,4,7-8,11,14-15,18,21-22,24H2,1-2H3,(H,37,41)/t31-/m1/s1. The van der Waals surface area contributed by atoms with E-state index in [9.17, 15) is 18.0 Å². The van der Waals surface area contributed by atoms with Crippen LogP contribution in [0.1, 0.15) is 56.1 Å². The highest BCUT2D eigenvalue weighted by molar-refractivity contribution is 7.92. The Balaban J connectivity index is 1.62. The molecular formula is C34H41Cl2N3O5S. The molecule has 0 aliphatic heterocycles. The van der Waals surface area contributed by atoms with Crippen LogP contribution in [0.15, 0.2) is 72.8 Å². The molecule has 3 aromatic rings. The molecule has 11 heteroatoms. The minimum absolute atomic E-state index is 0.00831. The third kappa shape index (κ3) is 9.86. The van der Waals surface area contributed by atoms with E-state index < -0.39 is 16.1 Å². The van der Waals surface area contributed by atoms with Gasteiger partial charge in [0.2, 0.25) is 21.8 Å². The van der Waals surface area contributed by atoms with Crippen molar-refractivity contribution in [3.05, 3.63) is 94.0 Å². The van der Waals surface area contributed by atoms with E-state index >= 15 is 0 Å². The number of ether oxygens (including phenoxy) is 1. The largest absolute Gasteiger partial charge is 0.495 e. The summed E-state index contributed by atoms with van der Waals surface area (Å²) in [6, 6.07) is 20.8. The van der Waals surface area contributed by atoms with Crippen LogP contribution in [0.25, 0.3) is 0 Å². The van der Waals surface area contributed by atoms with E-state index in [4.69, 9.17) is 27.9 Å². The molecule has 0 aromatic heterocycles. The highest BCUT2D eigenvalue weighted by Gasteiger charge is 2.32. The molecule has 8 nitrogen and oxygen atoms in total. The zero-order valence-electron chi connectivity index (χ0n) is 25.8. The van der Waals surface area contributed by atoms with Gasteiger partial charge in [0, 0.05) is 42.0 Å². The van der Waals surface area contributed by atoms with Crippen molar-refractivity contribution in [1.82, 2.24) is 10.2 Å². The monoisotopic (exact) mass is 673 g/mol. The number of methoxy groups -OCH3 is 1. The van der Waals surface area contributed by atoms with Crippen molar-refractivity contribution in [3.8, 4) is 5.75 Å². The molecule has 0 unspecified atom stereocenters. The minimum atomic E-state index is -3.68. The van der Waals surface area contributed by atoms with Crippen LogP contribution in [0.3, 0.4) is 0 Å². The van der Waals surface area contributed by atoms with E-state index in [-0.39, 0.29) is 43.8 Å². The van der Waals surface area contributed by atoms with Gasteiger partial charge in [-0.3, -0.25) is 13.9 Å². The van der Waals surface area contributed by atoms with Crippen molar-refractivity contribution in [1.29, 1.82) is 0 Å². The fraction of sp³-hybridized carbons (Fsp3) is 0.412. The van der Waals surface area contributed by atoms with Gasteiger partial charge >= 0.3 is 0 Å². The quantitative estimate of drug-likeness (QED) is 0.207. The number of nitrogens with one attached hydrogen (secondary N) is 1. The van der Waals surface area contributed by atoms with Gasteiger partial charge in [-0.25, -0.2) is 8.42 Å². The molecule has 1 aliphatic rings. The Morgan fingerprint density at radius 3 is 2.33 bits per heavy atom. The maximum atomic E-state index is 14.1. The zero-order chi connectivity index (χ0) is 32.4. The first kappa shape index (κ1) is 34.6. The summed E-state index contributed by atoms with van der Waals surface area (Å²) in [7, 11) is -2.20. The number of halogens is 2. The number of hydrogen-bond donors (Lipinski definition) is 1. The molecule has 1 N–H and O–H groups in total. The number of benzene rings is 3. The molecule has 0 saturated heterocycles. The summed E-state index contributed by atoms with van der Waals surface area (Å²) < 4.78 is 32.3. The third-order valence-corrected chi connectivity index (χ3v) is 9.85. The first-order valence-corrected chi connectivity index (χ1v) is 17.9. The number of nitrogens with zero attached hydrogens (tertiary/aromatic N) is 2. The zero-order valence-corrected chi connectivity index (χ0v) is 28.1. The van der Waals surface area contributed by atoms with Gasteiger partial charge in [0.15, 0.2) is 0 Å². The SMILES string of the molecule is COc1ccccc1N(CCCC(=O)N(Cc1ccc(Cl)cc1Cl)[C@H](Cc1ccccc1)C(=O)NC1CCCCC1)S(C)(=O)=O. The Morgan fingerprint density at radius 1 is 0.978 bits per heavy atom. The lowest BCUT2D eigenvalue weighted by molar-refractivity contribution is -0.141. The fourth-order valence-electron chi connectivity index (χ4n) is 5.75. The predicted molar refractivity (Wildman–Crippen MR) is 180 cm³/mol. The predicted octanol–water partition coefficient (Wildman–Crippen LogP) is 6.64. The number of amides is 2. The molecule has 0 radical (unpaired) electrons. The molecule has 1 atom stereocenters. The summed E-state index contributed by atoms with van der Waals surface area (Å²) in [6.45, 7) is 0.144. The van der Waals surface area contributed by atoms with E-state index in [0.717, 1.165) is 43.9 Å². The van der Waals surface area contributed by atoms with Crippen LogP contribution in [0, 0.1) is 0 Å². The number of rotatable bonds is 14. The fourth-order valence-corrected chi connectivity index (χ4v) is 7.19. The van der Waals surface area contributed by atoms with Gasteiger partial charge in [-0.15, -0.1) is 0 Å². The van der Waals surface area contributed by atoms with Gasteiger partial charge < -0.3 is 15.0 Å². The number of carbonyl (C=O) groups is 2. The van der Waals surface area contributed by atoms with Gasteiger partial charge in [0.1, 0.15) is 11.8 Å². The van der Waals surface area contributed by atoms with Crippen LogP contribution in [-0.2, 0) is 32.6 Å². The van der Waals surface area contributed by atoms with E-state index in [2.05, 4.69) is 5.32 Å².